The van der Waals surface area contributed by atoms with Crippen molar-refractivity contribution in [1.82, 2.24) is 4.57 Å². The largest absolute Gasteiger partial charge is 0.465 e. The fraction of sp³-hybridized carbons (Fsp3) is 0.520. The third-order valence-electron chi connectivity index (χ3n) is 5.81. The molecule has 1 aromatic heterocycles. The highest BCUT2D eigenvalue weighted by molar-refractivity contribution is 6.08. The molecule has 0 N–H and O–H groups in total. The molecule has 0 aliphatic carbocycles. The van der Waals surface area contributed by atoms with Gasteiger partial charge in [0, 0.05) is 17.8 Å². The number of benzene rings is 1. The summed E-state index contributed by atoms with van der Waals surface area (Å²) in [5, 5.41) is 0. The lowest BCUT2D eigenvalue weighted by molar-refractivity contribution is -0.145. The highest BCUT2D eigenvalue weighted by Gasteiger charge is 2.32. The van der Waals surface area contributed by atoms with Crippen LogP contribution in [0.25, 0.3) is 0 Å². The van der Waals surface area contributed by atoms with Crippen molar-refractivity contribution in [3.05, 3.63) is 59.4 Å². The Bertz CT molecular complexity index is 794. The number of rotatable bonds is 12. The van der Waals surface area contributed by atoms with Crippen molar-refractivity contribution in [3.8, 4) is 0 Å². The molecule has 1 unspecified atom stereocenters. The van der Waals surface area contributed by atoms with Gasteiger partial charge in [0.25, 0.3) is 0 Å². The fourth-order valence-electron chi connectivity index (χ4n) is 4.13. The lowest BCUT2D eigenvalue weighted by Crippen LogP contribution is -2.14. The first-order valence-corrected chi connectivity index (χ1v) is 11.2. The predicted octanol–water partition coefficient (Wildman–Crippen LogP) is 5.89. The van der Waals surface area contributed by atoms with Crippen LogP contribution in [0.1, 0.15) is 92.4 Å². The van der Waals surface area contributed by atoms with Gasteiger partial charge < -0.3 is 9.30 Å². The number of hydrogen-bond donors (Lipinski definition) is 0. The van der Waals surface area contributed by atoms with Crippen LogP contribution in [0, 0.1) is 0 Å². The number of ether oxygens (including phenoxy) is 1. The molecule has 156 valence electrons. The molecule has 3 rings (SSSR count). The second kappa shape index (κ2) is 11.0. The summed E-state index contributed by atoms with van der Waals surface area (Å²) in [5.41, 5.74) is 2.24. The SMILES string of the molecule is CCCCCCCCCCOC(=O)C1CCn2c(C(=O)c3ccccc3)ccc21. The van der Waals surface area contributed by atoms with Crippen molar-refractivity contribution in [2.45, 2.75) is 77.2 Å². The van der Waals surface area contributed by atoms with Crippen LogP contribution in [0.15, 0.2) is 42.5 Å². The second-order valence-corrected chi connectivity index (χ2v) is 7.97. The number of hydrogen-bond acceptors (Lipinski definition) is 3. The topological polar surface area (TPSA) is 48.3 Å². The smallest absolute Gasteiger partial charge is 0.315 e. The van der Waals surface area contributed by atoms with Crippen LogP contribution < -0.4 is 0 Å². The molecule has 0 saturated carbocycles. The minimum atomic E-state index is -0.249. The lowest BCUT2D eigenvalue weighted by Gasteiger charge is -2.10. The van der Waals surface area contributed by atoms with Gasteiger partial charge in [0.1, 0.15) is 0 Å². The zero-order chi connectivity index (χ0) is 20.5. The third-order valence-corrected chi connectivity index (χ3v) is 5.81. The number of ketones is 1. The number of nitrogens with zero attached hydrogens (tertiary/aromatic N) is 1. The van der Waals surface area contributed by atoms with Gasteiger partial charge in [-0.1, -0.05) is 82.2 Å². The molecule has 0 radical (unpaired) electrons. The van der Waals surface area contributed by atoms with Crippen LogP contribution >= 0.6 is 0 Å². The summed E-state index contributed by atoms with van der Waals surface area (Å²) < 4.78 is 7.53. The van der Waals surface area contributed by atoms with E-state index in [9.17, 15) is 9.59 Å². The Kier molecular flexibility index (Phi) is 8.09. The van der Waals surface area contributed by atoms with Crippen LogP contribution in [-0.2, 0) is 16.1 Å². The van der Waals surface area contributed by atoms with Gasteiger partial charge in [-0.15, -0.1) is 0 Å². The fourth-order valence-corrected chi connectivity index (χ4v) is 4.13. The monoisotopic (exact) mass is 395 g/mol. The van der Waals surface area contributed by atoms with Gasteiger partial charge in [0.15, 0.2) is 0 Å². The Balaban J connectivity index is 1.44. The van der Waals surface area contributed by atoms with Crippen molar-refractivity contribution in [2.24, 2.45) is 0 Å². The molecule has 0 saturated heterocycles. The predicted molar refractivity (Wildman–Crippen MR) is 115 cm³/mol. The van der Waals surface area contributed by atoms with E-state index in [1.165, 1.54) is 38.5 Å². The van der Waals surface area contributed by atoms with E-state index in [0.29, 0.717) is 30.8 Å². The van der Waals surface area contributed by atoms with Gasteiger partial charge in [0.2, 0.25) is 5.78 Å². The van der Waals surface area contributed by atoms with Gasteiger partial charge >= 0.3 is 5.97 Å². The molecule has 4 heteroatoms. The molecule has 0 amide bonds. The first-order chi connectivity index (χ1) is 14.2. The molecule has 1 aliphatic heterocycles. The lowest BCUT2D eigenvalue weighted by atomic mass is 10.1. The standard InChI is InChI=1S/C25H33NO3/c1-2-3-4-5-6-7-8-12-19-29-25(28)21-17-18-26-22(21)15-16-23(26)24(27)20-13-10-9-11-14-20/h9-11,13-16,21H,2-8,12,17-19H2,1H3. The molecular formula is C25H33NO3. The van der Waals surface area contributed by atoms with Crippen LogP contribution in [-0.4, -0.2) is 22.9 Å². The van der Waals surface area contributed by atoms with Gasteiger partial charge in [-0.2, -0.15) is 0 Å². The molecule has 1 aliphatic rings. The van der Waals surface area contributed by atoms with E-state index in [2.05, 4.69) is 6.92 Å². The Morgan fingerprint density at radius 2 is 1.62 bits per heavy atom. The maximum absolute atomic E-state index is 12.8. The number of carbonyl (C=O) groups is 2. The molecule has 0 fully saturated rings. The molecule has 2 aromatic rings. The Morgan fingerprint density at radius 1 is 0.931 bits per heavy atom. The molecule has 0 spiro atoms. The molecule has 4 nitrogen and oxygen atoms in total. The van der Waals surface area contributed by atoms with Crippen molar-refractivity contribution < 1.29 is 14.3 Å². The summed E-state index contributed by atoms with van der Waals surface area (Å²) >= 11 is 0. The summed E-state index contributed by atoms with van der Waals surface area (Å²) in [6.07, 6.45) is 10.5. The first kappa shape index (κ1) is 21.4. The zero-order valence-corrected chi connectivity index (χ0v) is 17.6. The normalized spacial score (nSPS) is 15.3. The Labute approximate surface area is 174 Å². The highest BCUT2D eigenvalue weighted by Crippen LogP contribution is 2.32. The zero-order valence-electron chi connectivity index (χ0n) is 17.6. The number of carbonyl (C=O) groups excluding carboxylic acids is 2. The van der Waals surface area contributed by atoms with E-state index in [1.807, 2.05) is 47.0 Å². The van der Waals surface area contributed by atoms with Gasteiger partial charge in [-0.25, -0.2) is 0 Å². The number of fused-ring (bicyclic) bond motifs is 1. The molecule has 29 heavy (non-hydrogen) atoms. The Morgan fingerprint density at radius 3 is 2.34 bits per heavy atom. The summed E-state index contributed by atoms with van der Waals surface area (Å²) in [4.78, 5) is 25.3. The van der Waals surface area contributed by atoms with E-state index < -0.39 is 0 Å². The molecule has 2 heterocycles. The number of unbranched alkanes of at least 4 members (excludes halogenated alkanes) is 7. The van der Waals surface area contributed by atoms with Crippen molar-refractivity contribution in [3.63, 3.8) is 0 Å². The number of esters is 1. The van der Waals surface area contributed by atoms with E-state index >= 15 is 0 Å². The highest BCUT2D eigenvalue weighted by atomic mass is 16.5. The summed E-state index contributed by atoms with van der Waals surface area (Å²) in [6.45, 7) is 3.42. The van der Waals surface area contributed by atoms with Crippen molar-refractivity contribution in [1.29, 1.82) is 0 Å². The molecule has 1 aromatic carbocycles. The minimum Gasteiger partial charge on any atom is -0.465 e. The van der Waals surface area contributed by atoms with E-state index in [-0.39, 0.29) is 17.7 Å². The summed E-state index contributed by atoms with van der Waals surface area (Å²) in [5.74, 6) is -0.394. The number of aromatic nitrogens is 1. The average molecular weight is 396 g/mol. The van der Waals surface area contributed by atoms with Crippen molar-refractivity contribution in [2.75, 3.05) is 6.61 Å². The second-order valence-electron chi connectivity index (χ2n) is 7.97. The van der Waals surface area contributed by atoms with Gasteiger partial charge in [-0.05, 0) is 25.0 Å². The van der Waals surface area contributed by atoms with Gasteiger partial charge in [-0.3, -0.25) is 9.59 Å². The van der Waals surface area contributed by atoms with Crippen LogP contribution in [0.3, 0.4) is 0 Å². The van der Waals surface area contributed by atoms with Gasteiger partial charge in [0.05, 0.1) is 18.2 Å². The first-order valence-electron chi connectivity index (χ1n) is 11.2. The molecular weight excluding hydrogens is 362 g/mol. The van der Waals surface area contributed by atoms with E-state index in [1.54, 1.807) is 0 Å². The Hall–Kier alpha value is -2.36. The molecule has 1 atom stereocenters. The third kappa shape index (κ3) is 5.59. The minimum absolute atomic E-state index is 0.00445. The van der Waals surface area contributed by atoms with Crippen LogP contribution in [0.5, 0.6) is 0 Å². The summed E-state index contributed by atoms with van der Waals surface area (Å²) in [7, 11) is 0. The maximum atomic E-state index is 12.8. The van der Waals surface area contributed by atoms with Crippen LogP contribution in [0.2, 0.25) is 0 Å². The van der Waals surface area contributed by atoms with Crippen molar-refractivity contribution >= 4 is 11.8 Å². The maximum Gasteiger partial charge on any atom is 0.315 e. The van der Waals surface area contributed by atoms with Crippen LogP contribution in [0.4, 0.5) is 0 Å². The van der Waals surface area contributed by atoms with E-state index in [0.717, 1.165) is 18.5 Å². The quantitative estimate of drug-likeness (QED) is 0.256. The molecule has 0 bridgehead atoms. The van der Waals surface area contributed by atoms with E-state index in [4.69, 9.17) is 4.74 Å². The summed E-state index contributed by atoms with van der Waals surface area (Å²) in [6, 6.07) is 13.0. The average Bonchev–Trinajstić information content (AvgIpc) is 3.35.